The summed E-state index contributed by atoms with van der Waals surface area (Å²) in [5.41, 5.74) is 1.16. The molecule has 8 N–H and O–H groups in total. The van der Waals surface area contributed by atoms with E-state index in [0.717, 1.165) is 0 Å². The predicted octanol–water partition coefficient (Wildman–Crippen LogP) is 1.11. The highest BCUT2D eigenvalue weighted by Crippen LogP contribution is 2.36. The van der Waals surface area contributed by atoms with Gasteiger partial charge in [-0.25, -0.2) is 9.78 Å². The number of rotatable bonds is 11. The topological polar surface area (TPSA) is 223 Å². The molecule has 2 aliphatic rings. The fourth-order valence-corrected chi connectivity index (χ4v) is 6.95. The number of hydrogen-bond acceptors (Lipinski definition) is 12. The number of fused-ring (bicyclic) bond motifs is 1. The maximum Gasteiger partial charge on any atom is 0.319 e. The summed E-state index contributed by atoms with van der Waals surface area (Å²) in [5, 5.41) is 55.1. The number of carbonyl (C=O) groups excluding carboxylic acids is 2. The number of nitrogens with zero attached hydrogens (tertiary/aromatic N) is 6. The molecule has 5 atom stereocenters. The fraction of sp³-hybridized carbons (Fsp3) is 0.333. The van der Waals surface area contributed by atoms with Crippen molar-refractivity contribution in [2.75, 3.05) is 41.8 Å². The van der Waals surface area contributed by atoms with Crippen molar-refractivity contribution in [1.82, 2.24) is 35.1 Å². The minimum Gasteiger partial charge on any atom is -0.388 e. The molecule has 4 heterocycles. The highest BCUT2D eigenvalue weighted by atomic mass is 16.3. The molecule has 5 aromatic rings. The average molecular weight is 709 g/mol. The van der Waals surface area contributed by atoms with Crippen molar-refractivity contribution in [3.05, 3.63) is 103 Å². The molecular formula is C36H40N10O6. The third-order valence-electron chi connectivity index (χ3n) is 9.65. The summed E-state index contributed by atoms with van der Waals surface area (Å²) in [6.07, 6.45) is 2.86. The molecule has 1 aliphatic carbocycles. The summed E-state index contributed by atoms with van der Waals surface area (Å²) in [7, 11) is 0. The molecule has 1 aliphatic heterocycles. The first kappa shape index (κ1) is 34.8. The molecule has 1 saturated carbocycles. The second-order valence-electron chi connectivity index (χ2n) is 13.0. The number of imidazole rings is 1. The summed E-state index contributed by atoms with van der Waals surface area (Å²) in [6, 6.07) is 19.9. The van der Waals surface area contributed by atoms with Crippen molar-refractivity contribution >= 4 is 40.6 Å². The van der Waals surface area contributed by atoms with Gasteiger partial charge in [0.25, 0.3) is 0 Å². The molecule has 16 heteroatoms. The van der Waals surface area contributed by atoms with E-state index in [9.17, 15) is 30.0 Å². The summed E-state index contributed by atoms with van der Waals surface area (Å²) >= 11 is 0. The summed E-state index contributed by atoms with van der Waals surface area (Å²) in [4.78, 5) is 45.0. The maximum atomic E-state index is 12.8. The Morgan fingerprint density at radius 3 is 2.33 bits per heavy atom. The third-order valence-corrected chi connectivity index (χ3v) is 9.65. The number of carbonyl (C=O) groups is 2. The second kappa shape index (κ2) is 14.9. The van der Waals surface area contributed by atoms with Gasteiger partial charge in [-0.3, -0.25) is 9.78 Å². The Morgan fingerprint density at radius 2 is 1.65 bits per heavy atom. The van der Waals surface area contributed by atoms with E-state index >= 15 is 0 Å². The molecule has 2 fully saturated rings. The lowest BCUT2D eigenvalue weighted by molar-refractivity contribution is -0.125. The highest BCUT2D eigenvalue weighted by molar-refractivity contribution is 5.89. The van der Waals surface area contributed by atoms with Gasteiger partial charge < -0.3 is 51.2 Å². The van der Waals surface area contributed by atoms with E-state index in [1.54, 1.807) is 29.1 Å². The normalized spacial score (nSPS) is 21.6. The zero-order valence-electron chi connectivity index (χ0n) is 28.1. The summed E-state index contributed by atoms with van der Waals surface area (Å²) in [6.45, 7) is 0.184. The van der Waals surface area contributed by atoms with Gasteiger partial charge in [0.2, 0.25) is 11.9 Å². The van der Waals surface area contributed by atoms with Crippen molar-refractivity contribution in [3.63, 3.8) is 0 Å². The van der Waals surface area contributed by atoms with Crippen LogP contribution in [0.3, 0.4) is 0 Å². The number of aliphatic hydroxyl groups is 4. The molecule has 52 heavy (non-hydrogen) atoms. The highest BCUT2D eigenvalue weighted by Gasteiger charge is 2.44. The minimum atomic E-state index is -1.46. The molecule has 2 aromatic carbocycles. The number of anilines is 3. The maximum absolute atomic E-state index is 12.8. The van der Waals surface area contributed by atoms with Gasteiger partial charge in [0.05, 0.1) is 36.8 Å². The largest absolute Gasteiger partial charge is 0.388 e. The number of benzene rings is 2. The lowest BCUT2D eigenvalue weighted by Gasteiger charge is -2.30. The summed E-state index contributed by atoms with van der Waals surface area (Å²) < 4.78 is 1.65. The van der Waals surface area contributed by atoms with Crippen molar-refractivity contribution in [1.29, 1.82) is 0 Å². The Morgan fingerprint density at radius 1 is 0.923 bits per heavy atom. The fourth-order valence-electron chi connectivity index (χ4n) is 6.95. The van der Waals surface area contributed by atoms with Crippen molar-refractivity contribution < 1.29 is 30.0 Å². The number of pyridine rings is 1. The number of aromatic nitrogens is 5. The molecule has 270 valence electrons. The van der Waals surface area contributed by atoms with E-state index in [0.29, 0.717) is 59.3 Å². The van der Waals surface area contributed by atoms with Gasteiger partial charge in [-0.05, 0) is 36.1 Å². The van der Waals surface area contributed by atoms with Gasteiger partial charge in [0, 0.05) is 25.3 Å². The molecule has 3 amide bonds. The van der Waals surface area contributed by atoms with Crippen molar-refractivity contribution in [3.8, 4) is 0 Å². The molecule has 1 saturated heterocycles. The Labute approximate surface area is 298 Å². The van der Waals surface area contributed by atoms with Crippen LogP contribution >= 0.6 is 0 Å². The van der Waals surface area contributed by atoms with Gasteiger partial charge in [0.1, 0.15) is 24.4 Å². The second-order valence-corrected chi connectivity index (χ2v) is 13.0. The first-order valence-electron chi connectivity index (χ1n) is 17.0. The van der Waals surface area contributed by atoms with Crippen LogP contribution in [0.15, 0.2) is 91.5 Å². The molecule has 0 bridgehead atoms. The van der Waals surface area contributed by atoms with E-state index in [1.165, 1.54) is 6.33 Å². The molecule has 1 unspecified atom stereocenters. The zero-order chi connectivity index (χ0) is 36.2. The first-order chi connectivity index (χ1) is 25.2. The van der Waals surface area contributed by atoms with Crippen LogP contribution in [-0.4, -0.2) is 107 Å². The van der Waals surface area contributed by atoms with E-state index in [2.05, 4.69) is 31.2 Å². The predicted molar refractivity (Wildman–Crippen MR) is 191 cm³/mol. The number of aliphatic hydroxyl groups excluding tert-OH is 3. The van der Waals surface area contributed by atoms with Gasteiger partial charge in [-0.15, -0.1) is 0 Å². The van der Waals surface area contributed by atoms with Crippen LogP contribution in [0.2, 0.25) is 0 Å². The Hall–Kier alpha value is -5.68. The van der Waals surface area contributed by atoms with E-state index in [-0.39, 0.29) is 25.0 Å². The van der Waals surface area contributed by atoms with E-state index in [4.69, 9.17) is 9.97 Å². The monoisotopic (exact) mass is 708 g/mol. The van der Waals surface area contributed by atoms with Crippen LogP contribution in [0.5, 0.6) is 0 Å². The third kappa shape index (κ3) is 7.09. The molecule has 0 radical (unpaired) electrons. The molecule has 0 spiro atoms. The quantitative estimate of drug-likeness (QED) is 0.0967. The standard InChI is InChI=1S/C36H40N10O6/c47-19-28(48)42-26-16-27(31(50)30(26)49)46-21-39-29-32(38-20-36(52,22-8-3-1-4-9-22)23-10-5-2-6-11-23)43-34(44-33(29)46)45-15-13-25(18-45)41-35(51)40-24-12-7-14-37-17-24/h1-12,14,17,21,25-27,30-31,47,49-50,52H,13,15-16,18-20H2,(H,42,48)(H,38,43,44)(H2,40,41,51)/t25?,26-,27+,30+,31-/m0/s1. The van der Waals surface area contributed by atoms with E-state index < -0.39 is 42.4 Å². The smallest absolute Gasteiger partial charge is 0.319 e. The summed E-state index contributed by atoms with van der Waals surface area (Å²) in [5.74, 6) is -0.0121. The van der Waals surface area contributed by atoms with Gasteiger partial charge in [0.15, 0.2) is 17.0 Å². The number of hydrogen-bond donors (Lipinski definition) is 8. The van der Waals surface area contributed by atoms with Crippen molar-refractivity contribution in [2.24, 2.45) is 0 Å². The van der Waals surface area contributed by atoms with Gasteiger partial charge in [-0.2, -0.15) is 9.97 Å². The van der Waals surface area contributed by atoms with Gasteiger partial charge >= 0.3 is 6.03 Å². The number of nitrogens with one attached hydrogen (secondary N) is 4. The molecule has 3 aromatic heterocycles. The van der Waals surface area contributed by atoms with Crippen LogP contribution in [0.25, 0.3) is 11.2 Å². The lowest BCUT2D eigenvalue weighted by Crippen LogP contribution is -2.44. The Kier molecular flexibility index (Phi) is 9.95. The van der Waals surface area contributed by atoms with Crippen molar-refractivity contribution in [2.45, 2.75) is 48.8 Å². The Balaban J connectivity index is 1.20. The number of amides is 3. The zero-order valence-corrected chi connectivity index (χ0v) is 28.1. The number of urea groups is 1. The molecule has 16 nitrogen and oxygen atoms in total. The van der Waals surface area contributed by atoms with Crippen LogP contribution in [0, 0.1) is 0 Å². The average Bonchev–Trinajstić information content (AvgIpc) is 3.89. The minimum absolute atomic E-state index is 0.0121. The van der Waals surface area contributed by atoms with Gasteiger partial charge in [-0.1, -0.05) is 60.7 Å². The van der Waals surface area contributed by atoms with Crippen LogP contribution in [0.4, 0.5) is 22.2 Å². The van der Waals surface area contributed by atoms with E-state index in [1.807, 2.05) is 65.6 Å². The Bertz CT molecular complexity index is 1960. The van der Waals surface area contributed by atoms with Crippen LogP contribution in [0.1, 0.15) is 30.0 Å². The first-order valence-corrected chi connectivity index (χ1v) is 17.0. The van der Waals surface area contributed by atoms with Crippen LogP contribution < -0.4 is 26.2 Å². The van der Waals surface area contributed by atoms with Crippen LogP contribution in [-0.2, 0) is 10.4 Å². The lowest BCUT2D eigenvalue weighted by atomic mass is 9.86. The molecular weight excluding hydrogens is 668 g/mol. The SMILES string of the molecule is O=C(CO)N[C@H]1C[C@@H](n2cnc3c(NCC(O)(c4ccccc4)c4ccccc4)nc(N4CCC(NC(=O)Nc5cccnc5)C4)nc32)[C@H](O)[C@@H]1O. The molecule has 7 rings (SSSR count).